The first-order valence-electron chi connectivity index (χ1n) is 19.1. The van der Waals surface area contributed by atoms with Gasteiger partial charge in [-0.1, -0.05) is 30.3 Å². The summed E-state index contributed by atoms with van der Waals surface area (Å²) in [4.78, 5) is 16.9. The van der Waals surface area contributed by atoms with Gasteiger partial charge in [-0.2, -0.15) is 26.3 Å². The predicted octanol–water partition coefficient (Wildman–Crippen LogP) is 11.3. The summed E-state index contributed by atoms with van der Waals surface area (Å²) in [5.74, 6) is 0.383. The van der Waals surface area contributed by atoms with Gasteiger partial charge in [0, 0.05) is 17.4 Å². The van der Waals surface area contributed by atoms with E-state index in [0.29, 0.717) is 28.1 Å². The molecule has 6 aromatic carbocycles. The summed E-state index contributed by atoms with van der Waals surface area (Å²) in [6.45, 7) is 1.64. The highest BCUT2D eigenvalue weighted by atomic mass is 32.2. The number of alkyl halides is 6. The number of aryl methyl sites for hydroxylation is 2. The Morgan fingerprint density at radius 2 is 1.16 bits per heavy atom. The lowest BCUT2D eigenvalue weighted by Crippen LogP contribution is -2.10. The average Bonchev–Trinajstić information content (AvgIpc) is 3.24. The summed E-state index contributed by atoms with van der Waals surface area (Å²) in [6, 6.07) is 30.0. The summed E-state index contributed by atoms with van der Waals surface area (Å²) in [6.07, 6.45) is -7.14. The molecule has 2 heterocycles. The maximum atomic E-state index is 13.7. The molecule has 0 amide bonds. The van der Waals surface area contributed by atoms with Crippen LogP contribution in [-0.4, -0.2) is 48.8 Å². The van der Waals surface area contributed by atoms with Gasteiger partial charge in [0.15, 0.2) is 19.7 Å². The highest BCUT2D eigenvalue weighted by Crippen LogP contribution is 2.37. The fourth-order valence-electron chi connectivity index (χ4n) is 6.90. The van der Waals surface area contributed by atoms with E-state index in [-0.39, 0.29) is 66.9 Å². The SMILES string of the molecule is Cc1nc2cccc(C(F)(F)F)c2nc1-c1ccc(Oc2cccc(S(=O)(=O)CCc3cc(Oc4cccc(-c5cnc6c(C(F)(F)F)cccc6n5)c4)cc(S(C)(=O)=O)c3)c2)cc1. The van der Waals surface area contributed by atoms with Crippen LogP contribution in [0.4, 0.5) is 26.3 Å². The monoisotopic (exact) mass is 914 g/mol. The third-order valence-corrected chi connectivity index (χ3v) is 12.8. The largest absolute Gasteiger partial charge is 0.457 e. The van der Waals surface area contributed by atoms with Gasteiger partial charge in [0.25, 0.3) is 0 Å². The Morgan fingerprint density at radius 3 is 1.83 bits per heavy atom. The molecule has 8 rings (SSSR count). The van der Waals surface area contributed by atoms with Gasteiger partial charge < -0.3 is 9.47 Å². The molecule has 0 aliphatic rings. The lowest BCUT2D eigenvalue weighted by atomic mass is 10.1. The molecule has 0 bridgehead atoms. The number of fused-ring (bicyclic) bond motifs is 2. The van der Waals surface area contributed by atoms with Crippen molar-refractivity contribution in [1.29, 1.82) is 0 Å². The molecule has 0 atom stereocenters. The first-order valence-corrected chi connectivity index (χ1v) is 22.7. The van der Waals surface area contributed by atoms with E-state index < -0.39 is 48.9 Å². The van der Waals surface area contributed by atoms with E-state index in [0.717, 1.165) is 18.4 Å². The number of rotatable bonds is 11. The Morgan fingerprint density at radius 1 is 0.562 bits per heavy atom. The Kier molecular flexibility index (Phi) is 11.4. The molecule has 0 saturated heterocycles. The number of hydrogen-bond donors (Lipinski definition) is 0. The van der Waals surface area contributed by atoms with Crippen LogP contribution in [0, 0.1) is 6.92 Å². The van der Waals surface area contributed by atoms with Gasteiger partial charge in [0.1, 0.15) is 34.0 Å². The maximum absolute atomic E-state index is 13.7. The molecule has 64 heavy (non-hydrogen) atoms. The van der Waals surface area contributed by atoms with Crippen molar-refractivity contribution in [2.75, 3.05) is 12.0 Å². The van der Waals surface area contributed by atoms with Crippen molar-refractivity contribution in [2.24, 2.45) is 0 Å². The van der Waals surface area contributed by atoms with E-state index in [1.807, 2.05) is 0 Å². The highest BCUT2D eigenvalue weighted by molar-refractivity contribution is 7.91. The molecule has 0 aliphatic carbocycles. The number of nitrogens with zero attached hydrogens (tertiary/aromatic N) is 4. The van der Waals surface area contributed by atoms with Gasteiger partial charge in [0.2, 0.25) is 0 Å². The van der Waals surface area contributed by atoms with Crippen LogP contribution in [0.3, 0.4) is 0 Å². The van der Waals surface area contributed by atoms with Crippen LogP contribution in [0.1, 0.15) is 22.4 Å². The topological polar surface area (TPSA) is 138 Å². The molecule has 0 N–H and O–H groups in total. The maximum Gasteiger partial charge on any atom is 0.418 e. The number of aromatic nitrogens is 4. The van der Waals surface area contributed by atoms with Crippen molar-refractivity contribution in [2.45, 2.75) is 35.5 Å². The fraction of sp³-hybridized carbons (Fsp3) is 0.130. The Balaban J connectivity index is 0.979. The molecular formula is C46H32F6N4O6S2. The molecule has 0 saturated carbocycles. The molecule has 0 aliphatic heterocycles. The summed E-state index contributed by atoms with van der Waals surface area (Å²) >= 11 is 0. The molecule has 0 radical (unpaired) electrons. The standard InChI is InChI=1S/C46H32F6N4O6S2/c1-27-42(56-44-38(46(50,51)52)12-6-14-40(44)54-27)29-15-17-31(18-16-29)61-33-9-4-10-35(24-33)64(59,60)20-19-28-21-34(25-36(22-28)63(2,57)58)62-32-8-3-7-30(23-32)41-26-53-43-37(45(47,48)49)11-5-13-39(43)55-41/h3-18,21-26H,19-20H2,1-2H3. The Bertz CT molecular complexity index is 3330. The second-order valence-electron chi connectivity index (χ2n) is 14.6. The van der Waals surface area contributed by atoms with Crippen LogP contribution in [0.2, 0.25) is 0 Å². The van der Waals surface area contributed by atoms with Crippen LogP contribution in [0.25, 0.3) is 44.6 Å². The van der Waals surface area contributed by atoms with Crippen molar-refractivity contribution in [3.8, 4) is 45.5 Å². The minimum absolute atomic E-state index is 0.0328. The summed E-state index contributed by atoms with van der Waals surface area (Å²) in [5, 5.41) is 0. The minimum atomic E-state index is -4.63. The van der Waals surface area contributed by atoms with Crippen LogP contribution in [0.15, 0.2) is 143 Å². The Hall–Kier alpha value is -6.92. The van der Waals surface area contributed by atoms with Gasteiger partial charge in [0.05, 0.1) is 61.0 Å². The average molecular weight is 915 g/mol. The second kappa shape index (κ2) is 16.7. The first kappa shape index (κ1) is 43.7. The molecule has 18 heteroatoms. The number of halogens is 6. The van der Waals surface area contributed by atoms with Crippen LogP contribution >= 0.6 is 0 Å². The number of para-hydroxylation sites is 2. The second-order valence-corrected chi connectivity index (χ2v) is 18.8. The zero-order valence-corrected chi connectivity index (χ0v) is 35.1. The van der Waals surface area contributed by atoms with Crippen molar-refractivity contribution < 1.29 is 52.7 Å². The predicted molar refractivity (Wildman–Crippen MR) is 227 cm³/mol. The smallest absolute Gasteiger partial charge is 0.418 e. The zero-order chi connectivity index (χ0) is 45.6. The molecule has 0 spiro atoms. The molecular weight excluding hydrogens is 883 g/mol. The molecule has 326 valence electrons. The minimum Gasteiger partial charge on any atom is -0.457 e. The molecule has 8 aromatic rings. The lowest BCUT2D eigenvalue weighted by molar-refractivity contribution is -0.137. The Labute approximate surface area is 362 Å². The molecule has 10 nitrogen and oxygen atoms in total. The van der Waals surface area contributed by atoms with Crippen molar-refractivity contribution in [3.05, 3.63) is 156 Å². The van der Waals surface area contributed by atoms with E-state index in [2.05, 4.69) is 19.9 Å². The van der Waals surface area contributed by atoms with Gasteiger partial charge >= 0.3 is 12.4 Å². The van der Waals surface area contributed by atoms with Gasteiger partial charge in [-0.15, -0.1) is 0 Å². The quantitative estimate of drug-likeness (QED) is 0.115. The van der Waals surface area contributed by atoms with Gasteiger partial charge in [-0.05, 0) is 116 Å². The van der Waals surface area contributed by atoms with E-state index in [9.17, 15) is 43.2 Å². The normalized spacial score (nSPS) is 12.4. The molecule has 0 fully saturated rings. The number of sulfone groups is 2. The summed E-state index contributed by atoms with van der Waals surface area (Å²) < 4.78 is 146. The number of hydrogen-bond acceptors (Lipinski definition) is 10. The van der Waals surface area contributed by atoms with E-state index in [1.54, 1.807) is 61.5 Å². The third kappa shape index (κ3) is 9.52. The molecule has 0 unspecified atom stereocenters. The number of ether oxygens (including phenoxy) is 2. The van der Waals surface area contributed by atoms with Gasteiger partial charge in [-0.25, -0.2) is 31.8 Å². The van der Waals surface area contributed by atoms with Gasteiger partial charge in [-0.3, -0.25) is 4.98 Å². The summed E-state index contributed by atoms with van der Waals surface area (Å²) in [7, 11) is -7.77. The van der Waals surface area contributed by atoms with E-state index >= 15 is 0 Å². The summed E-state index contributed by atoms with van der Waals surface area (Å²) in [5.41, 5.74) is -0.0399. The zero-order valence-electron chi connectivity index (χ0n) is 33.4. The van der Waals surface area contributed by atoms with E-state index in [4.69, 9.17) is 9.47 Å². The lowest BCUT2D eigenvalue weighted by Gasteiger charge is -2.13. The molecule has 2 aromatic heterocycles. The van der Waals surface area contributed by atoms with Crippen molar-refractivity contribution in [3.63, 3.8) is 0 Å². The van der Waals surface area contributed by atoms with Crippen molar-refractivity contribution in [1.82, 2.24) is 19.9 Å². The van der Waals surface area contributed by atoms with Crippen LogP contribution in [0.5, 0.6) is 23.0 Å². The number of benzene rings is 6. The van der Waals surface area contributed by atoms with Crippen molar-refractivity contribution >= 4 is 41.7 Å². The van der Waals surface area contributed by atoms with Crippen LogP contribution < -0.4 is 9.47 Å². The first-order chi connectivity index (χ1) is 30.2. The van der Waals surface area contributed by atoms with E-state index in [1.165, 1.54) is 66.9 Å². The third-order valence-electron chi connectivity index (χ3n) is 9.97. The fourth-order valence-corrected chi connectivity index (χ4v) is 8.92. The van der Waals surface area contributed by atoms with Crippen LogP contribution in [-0.2, 0) is 38.4 Å². The highest BCUT2D eigenvalue weighted by Gasteiger charge is 2.34.